The van der Waals surface area contributed by atoms with E-state index in [9.17, 15) is 4.79 Å². The van der Waals surface area contributed by atoms with Crippen molar-refractivity contribution in [2.75, 3.05) is 44.2 Å². The Bertz CT molecular complexity index is 539. The summed E-state index contributed by atoms with van der Waals surface area (Å²) >= 11 is 0. The summed E-state index contributed by atoms with van der Waals surface area (Å²) in [7, 11) is 0. The van der Waals surface area contributed by atoms with E-state index in [0.717, 1.165) is 51.5 Å². The summed E-state index contributed by atoms with van der Waals surface area (Å²) in [6.45, 7) is 9.92. The number of rotatable bonds is 4. The molecule has 0 spiro atoms. The molecule has 24 heavy (non-hydrogen) atoms. The Hall–Kier alpha value is -1.69. The third-order valence-electron chi connectivity index (χ3n) is 5.36. The molecule has 3 heterocycles. The number of hydrogen-bond donors (Lipinski definition) is 0. The number of aromatic nitrogens is 2. The van der Waals surface area contributed by atoms with Gasteiger partial charge in [-0.2, -0.15) is 0 Å². The topological polar surface area (TPSA) is 52.6 Å². The molecule has 1 aromatic heterocycles. The molecule has 1 atom stereocenters. The van der Waals surface area contributed by atoms with Crippen LogP contribution in [0.1, 0.15) is 50.0 Å². The zero-order valence-corrected chi connectivity index (χ0v) is 14.9. The lowest BCUT2D eigenvalue weighted by atomic mass is 10.0. The van der Waals surface area contributed by atoms with Crippen molar-refractivity contribution in [2.24, 2.45) is 0 Å². The van der Waals surface area contributed by atoms with Crippen molar-refractivity contribution >= 4 is 11.7 Å². The van der Waals surface area contributed by atoms with Crippen LogP contribution in [0, 0.1) is 0 Å². The highest BCUT2D eigenvalue weighted by molar-refractivity contribution is 5.92. The molecule has 0 bridgehead atoms. The highest BCUT2D eigenvalue weighted by Gasteiger charge is 2.25. The van der Waals surface area contributed by atoms with Gasteiger partial charge in [-0.05, 0) is 32.2 Å². The third kappa shape index (κ3) is 3.69. The number of carbonyl (C=O) groups is 1. The number of nitrogens with zero attached hydrogens (tertiary/aromatic N) is 5. The van der Waals surface area contributed by atoms with Crippen molar-refractivity contribution < 1.29 is 4.79 Å². The Morgan fingerprint density at radius 1 is 1.08 bits per heavy atom. The molecule has 0 aromatic carbocycles. The highest BCUT2D eigenvalue weighted by Crippen LogP contribution is 2.24. The quantitative estimate of drug-likeness (QED) is 0.845. The normalized spacial score (nSPS) is 22.7. The van der Waals surface area contributed by atoms with Gasteiger partial charge in [-0.15, -0.1) is 0 Å². The van der Waals surface area contributed by atoms with Crippen LogP contribution in [0.15, 0.2) is 12.4 Å². The smallest absolute Gasteiger partial charge is 0.274 e. The minimum Gasteiger partial charge on any atom is -0.352 e. The molecular weight excluding hydrogens is 302 g/mol. The van der Waals surface area contributed by atoms with Gasteiger partial charge in [0.15, 0.2) is 0 Å². The van der Waals surface area contributed by atoms with Gasteiger partial charge < -0.3 is 14.7 Å². The minimum atomic E-state index is 0.00971. The van der Waals surface area contributed by atoms with E-state index in [2.05, 4.69) is 33.6 Å². The molecule has 0 aliphatic carbocycles. The predicted molar refractivity (Wildman–Crippen MR) is 95.3 cm³/mol. The molecule has 3 rings (SSSR count). The Balaban J connectivity index is 1.64. The standard InChI is InChI=1S/C18H29N5O/c1-3-15-7-5-6-8-23(15)17-14-19-16(13-20-17)18(24)22-11-9-21(4-2)10-12-22/h13-15H,3-12H2,1-2H3. The lowest BCUT2D eigenvalue weighted by Crippen LogP contribution is -2.48. The van der Waals surface area contributed by atoms with E-state index in [0.29, 0.717) is 11.7 Å². The van der Waals surface area contributed by atoms with Gasteiger partial charge >= 0.3 is 0 Å². The fraction of sp³-hybridized carbons (Fsp3) is 0.722. The van der Waals surface area contributed by atoms with E-state index < -0.39 is 0 Å². The molecular formula is C18H29N5O. The molecule has 0 saturated carbocycles. The summed E-state index contributed by atoms with van der Waals surface area (Å²) in [5.41, 5.74) is 0.466. The van der Waals surface area contributed by atoms with Crippen molar-refractivity contribution in [1.82, 2.24) is 19.8 Å². The number of hydrogen-bond acceptors (Lipinski definition) is 5. The van der Waals surface area contributed by atoms with Gasteiger partial charge in [-0.1, -0.05) is 13.8 Å². The van der Waals surface area contributed by atoms with Crippen LogP contribution in [-0.4, -0.2) is 71.0 Å². The Morgan fingerprint density at radius 2 is 1.88 bits per heavy atom. The summed E-state index contributed by atoms with van der Waals surface area (Å²) in [5.74, 6) is 0.921. The van der Waals surface area contributed by atoms with E-state index in [1.54, 1.807) is 12.4 Å². The number of carbonyl (C=O) groups excluding carboxylic acids is 1. The fourth-order valence-electron chi connectivity index (χ4n) is 3.74. The molecule has 6 heteroatoms. The first-order chi connectivity index (χ1) is 11.7. The van der Waals surface area contributed by atoms with Crippen LogP contribution in [0.25, 0.3) is 0 Å². The van der Waals surface area contributed by atoms with Crippen molar-refractivity contribution in [3.05, 3.63) is 18.1 Å². The molecule has 0 radical (unpaired) electrons. The monoisotopic (exact) mass is 331 g/mol. The van der Waals surface area contributed by atoms with Crippen LogP contribution >= 0.6 is 0 Å². The van der Waals surface area contributed by atoms with Gasteiger partial charge in [-0.3, -0.25) is 4.79 Å². The molecule has 1 amide bonds. The number of piperidine rings is 1. The van der Waals surface area contributed by atoms with Crippen molar-refractivity contribution in [3.8, 4) is 0 Å². The van der Waals surface area contributed by atoms with Crippen LogP contribution in [-0.2, 0) is 0 Å². The van der Waals surface area contributed by atoms with E-state index in [4.69, 9.17) is 0 Å². The number of piperazine rings is 1. The molecule has 2 saturated heterocycles. The molecule has 0 N–H and O–H groups in total. The van der Waals surface area contributed by atoms with Crippen molar-refractivity contribution in [2.45, 2.75) is 45.6 Å². The number of likely N-dealkylation sites (N-methyl/N-ethyl adjacent to an activating group) is 1. The summed E-state index contributed by atoms with van der Waals surface area (Å²) in [4.78, 5) is 28.2. The summed E-state index contributed by atoms with van der Waals surface area (Å²) in [6, 6.07) is 0.553. The predicted octanol–water partition coefficient (Wildman–Crippen LogP) is 2.02. The lowest BCUT2D eigenvalue weighted by molar-refractivity contribution is 0.0637. The molecule has 132 valence electrons. The molecule has 1 unspecified atom stereocenters. The maximum Gasteiger partial charge on any atom is 0.274 e. The Kier molecular flexibility index (Phi) is 5.66. The van der Waals surface area contributed by atoms with E-state index >= 15 is 0 Å². The van der Waals surface area contributed by atoms with Gasteiger partial charge in [0.25, 0.3) is 5.91 Å². The molecule has 1 aromatic rings. The average molecular weight is 331 g/mol. The maximum atomic E-state index is 12.6. The van der Waals surface area contributed by atoms with E-state index in [1.165, 1.54) is 19.3 Å². The second kappa shape index (κ2) is 7.92. The highest BCUT2D eigenvalue weighted by atomic mass is 16.2. The first kappa shape index (κ1) is 17.1. The van der Waals surface area contributed by atoms with Crippen LogP contribution in [0.2, 0.25) is 0 Å². The molecule has 2 fully saturated rings. The summed E-state index contributed by atoms with van der Waals surface area (Å²) in [5, 5.41) is 0. The van der Waals surface area contributed by atoms with Gasteiger partial charge in [0.05, 0.1) is 12.4 Å². The average Bonchev–Trinajstić information content (AvgIpc) is 2.67. The fourth-order valence-corrected chi connectivity index (χ4v) is 3.74. The first-order valence-electron chi connectivity index (χ1n) is 9.33. The lowest BCUT2D eigenvalue weighted by Gasteiger charge is -2.36. The number of amides is 1. The van der Waals surface area contributed by atoms with Gasteiger partial charge in [-0.25, -0.2) is 9.97 Å². The zero-order chi connectivity index (χ0) is 16.9. The second-order valence-electron chi connectivity index (χ2n) is 6.74. The Morgan fingerprint density at radius 3 is 2.50 bits per heavy atom. The van der Waals surface area contributed by atoms with Crippen LogP contribution < -0.4 is 4.90 Å². The number of anilines is 1. The van der Waals surface area contributed by atoms with Gasteiger partial charge in [0, 0.05) is 38.8 Å². The van der Waals surface area contributed by atoms with Crippen molar-refractivity contribution in [3.63, 3.8) is 0 Å². The van der Waals surface area contributed by atoms with Crippen LogP contribution in [0.3, 0.4) is 0 Å². The second-order valence-corrected chi connectivity index (χ2v) is 6.74. The van der Waals surface area contributed by atoms with Crippen molar-refractivity contribution in [1.29, 1.82) is 0 Å². The zero-order valence-electron chi connectivity index (χ0n) is 14.9. The van der Waals surface area contributed by atoms with Gasteiger partial charge in [0.1, 0.15) is 11.5 Å². The summed E-state index contributed by atoms with van der Waals surface area (Å²) in [6.07, 6.45) is 8.29. The van der Waals surface area contributed by atoms with E-state index in [1.807, 2.05) is 4.90 Å². The third-order valence-corrected chi connectivity index (χ3v) is 5.36. The van der Waals surface area contributed by atoms with Gasteiger partial charge in [0.2, 0.25) is 0 Å². The first-order valence-corrected chi connectivity index (χ1v) is 9.33. The molecule has 2 aliphatic rings. The SMILES string of the molecule is CCC1CCCCN1c1cnc(C(=O)N2CCN(CC)CC2)cn1. The molecule has 6 nitrogen and oxygen atoms in total. The Labute approximate surface area is 144 Å². The largest absolute Gasteiger partial charge is 0.352 e. The van der Waals surface area contributed by atoms with Crippen LogP contribution in [0.4, 0.5) is 5.82 Å². The maximum absolute atomic E-state index is 12.6. The minimum absolute atomic E-state index is 0.00971. The van der Waals surface area contributed by atoms with E-state index in [-0.39, 0.29) is 5.91 Å². The van der Waals surface area contributed by atoms with Crippen LogP contribution in [0.5, 0.6) is 0 Å². The molecule has 2 aliphatic heterocycles. The summed E-state index contributed by atoms with van der Waals surface area (Å²) < 4.78 is 0.